The summed E-state index contributed by atoms with van der Waals surface area (Å²) in [4.78, 5) is 11.8. The molecule has 1 amide bonds. The number of nitrogens with zero attached hydrogens (tertiary/aromatic N) is 1. The molecule has 1 heterocycles. The Morgan fingerprint density at radius 1 is 1.45 bits per heavy atom. The molecule has 20 heavy (non-hydrogen) atoms. The second kappa shape index (κ2) is 6.63. The van der Waals surface area contributed by atoms with Gasteiger partial charge in [-0.1, -0.05) is 18.0 Å². The maximum atomic E-state index is 11.8. The zero-order chi connectivity index (χ0) is 14.6. The van der Waals surface area contributed by atoms with Crippen LogP contribution >= 0.6 is 11.8 Å². The number of carbonyl (C=O) groups is 1. The fourth-order valence-corrected chi connectivity index (χ4v) is 3.48. The molecule has 1 fully saturated rings. The molecule has 1 aromatic heterocycles. The summed E-state index contributed by atoms with van der Waals surface area (Å²) in [6.07, 6.45) is 3.68. The van der Waals surface area contributed by atoms with E-state index in [1.54, 1.807) is 0 Å². The number of hydrogen-bond acceptors (Lipinski definition) is 5. The van der Waals surface area contributed by atoms with Crippen LogP contribution in [0.15, 0.2) is 4.52 Å². The highest BCUT2D eigenvalue weighted by Gasteiger charge is 2.31. The van der Waals surface area contributed by atoms with Crippen LogP contribution in [0.25, 0.3) is 0 Å². The van der Waals surface area contributed by atoms with Crippen LogP contribution in [0.1, 0.15) is 42.7 Å². The molecule has 1 aromatic rings. The third-order valence-corrected chi connectivity index (χ3v) is 4.77. The molecule has 0 spiro atoms. The summed E-state index contributed by atoms with van der Waals surface area (Å²) in [7, 11) is 0. The van der Waals surface area contributed by atoms with Crippen LogP contribution in [0.5, 0.6) is 0 Å². The van der Waals surface area contributed by atoms with Gasteiger partial charge in [0.15, 0.2) is 0 Å². The minimum Gasteiger partial charge on any atom is -0.388 e. The number of carbonyl (C=O) groups excluding carboxylic acids is 1. The van der Waals surface area contributed by atoms with E-state index in [1.807, 2.05) is 13.8 Å². The van der Waals surface area contributed by atoms with Gasteiger partial charge in [-0.05, 0) is 26.7 Å². The van der Waals surface area contributed by atoms with Gasteiger partial charge in [-0.2, -0.15) is 0 Å². The first-order chi connectivity index (χ1) is 9.50. The monoisotopic (exact) mass is 298 g/mol. The Morgan fingerprint density at radius 3 is 2.75 bits per heavy atom. The molecule has 1 aliphatic carbocycles. The van der Waals surface area contributed by atoms with Crippen molar-refractivity contribution in [3.63, 3.8) is 0 Å². The van der Waals surface area contributed by atoms with Crippen molar-refractivity contribution in [2.75, 3.05) is 12.3 Å². The molecule has 0 radical (unpaired) electrons. The van der Waals surface area contributed by atoms with E-state index in [0.717, 1.165) is 48.5 Å². The number of aromatic nitrogens is 1. The number of hydrogen-bond donors (Lipinski definition) is 2. The van der Waals surface area contributed by atoms with Crippen LogP contribution < -0.4 is 5.32 Å². The first-order valence-corrected chi connectivity index (χ1v) is 8.14. The maximum absolute atomic E-state index is 11.8. The van der Waals surface area contributed by atoms with Crippen molar-refractivity contribution >= 4 is 17.7 Å². The lowest BCUT2D eigenvalue weighted by Gasteiger charge is -2.22. The summed E-state index contributed by atoms with van der Waals surface area (Å²) in [5.74, 6) is 1.90. The van der Waals surface area contributed by atoms with E-state index >= 15 is 0 Å². The van der Waals surface area contributed by atoms with Gasteiger partial charge in [-0.3, -0.25) is 4.79 Å². The zero-order valence-electron chi connectivity index (χ0n) is 12.1. The molecule has 2 N–H and O–H groups in total. The van der Waals surface area contributed by atoms with Crippen LogP contribution in [0.3, 0.4) is 0 Å². The van der Waals surface area contributed by atoms with Crippen LogP contribution in [0.4, 0.5) is 0 Å². The van der Waals surface area contributed by atoms with Crippen molar-refractivity contribution in [2.45, 2.75) is 50.9 Å². The van der Waals surface area contributed by atoms with Crippen molar-refractivity contribution in [2.24, 2.45) is 0 Å². The van der Waals surface area contributed by atoms with Gasteiger partial charge < -0.3 is 14.9 Å². The maximum Gasteiger partial charge on any atom is 0.230 e. The molecule has 1 aliphatic rings. The minimum atomic E-state index is -0.679. The Labute approximate surface area is 123 Å². The van der Waals surface area contributed by atoms with Crippen molar-refractivity contribution in [3.8, 4) is 0 Å². The third kappa shape index (κ3) is 3.99. The second-order valence-electron chi connectivity index (χ2n) is 5.50. The van der Waals surface area contributed by atoms with Crippen molar-refractivity contribution in [1.29, 1.82) is 0 Å². The SMILES string of the molecule is Cc1noc(C)c1CSCC(=O)NCC1(O)CCCC1. The van der Waals surface area contributed by atoms with Gasteiger partial charge in [0.25, 0.3) is 0 Å². The Balaban J connectivity index is 1.68. The molecule has 6 heteroatoms. The molecule has 1 saturated carbocycles. The Hall–Kier alpha value is -1.01. The second-order valence-corrected chi connectivity index (χ2v) is 6.49. The van der Waals surface area contributed by atoms with Crippen molar-refractivity contribution in [1.82, 2.24) is 10.5 Å². The lowest BCUT2D eigenvalue weighted by atomic mass is 10.0. The van der Waals surface area contributed by atoms with Crippen LogP contribution in [-0.4, -0.2) is 34.1 Å². The predicted octanol–water partition coefficient (Wildman–Crippen LogP) is 1.95. The van der Waals surface area contributed by atoms with Gasteiger partial charge in [0.05, 0.1) is 17.0 Å². The van der Waals surface area contributed by atoms with E-state index in [4.69, 9.17) is 4.52 Å². The summed E-state index contributed by atoms with van der Waals surface area (Å²) in [5, 5.41) is 16.9. The smallest absolute Gasteiger partial charge is 0.230 e. The van der Waals surface area contributed by atoms with E-state index in [-0.39, 0.29) is 5.91 Å². The number of thioether (sulfide) groups is 1. The highest BCUT2D eigenvalue weighted by Crippen LogP contribution is 2.28. The van der Waals surface area contributed by atoms with E-state index in [1.165, 1.54) is 11.8 Å². The molecule has 0 saturated heterocycles. The predicted molar refractivity (Wildman–Crippen MR) is 78.6 cm³/mol. The van der Waals surface area contributed by atoms with Crippen LogP contribution in [0.2, 0.25) is 0 Å². The fourth-order valence-electron chi connectivity index (χ4n) is 2.48. The van der Waals surface area contributed by atoms with E-state index in [2.05, 4.69) is 10.5 Å². The van der Waals surface area contributed by atoms with E-state index in [0.29, 0.717) is 12.3 Å². The number of rotatable bonds is 6. The lowest BCUT2D eigenvalue weighted by Crippen LogP contribution is -2.41. The third-order valence-electron chi connectivity index (χ3n) is 3.81. The van der Waals surface area contributed by atoms with Crippen LogP contribution in [0, 0.1) is 13.8 Å². The van der Waals surface area contributed by atoms with E-state index < -0.39 is 5.60 Å². The molecular weight excluding hydrogens is 276 g/mol. The Bertz CT molecular complexity index is 447. The quantitative estimate of drug-likeness (QED) is 0.839. The first kappa shape index (κ1) is 15.4. The summed E-state index contributed by atoms with van der Waals surface area (Å²) >= 11 is 1.54. The van der Waals surface area contributed by atoms with Gasteiger partial charge in [-0.15, -0.1) is 11.8 Å². The highest BCUT2D eigenvalue weighted by molar-refractivity contribution is 7.99. The average Bonchev–Trinajstić information content (AvgIpc) is 2.97. The zero-order valence-corrected chi connectivity index (χ0v) is 12.9. The number of aryl methyl sites for hydroxylation is 2. The first-order valence-electron chi connectivity index (χ1n) is 6.99. The highest BCUT2D eigenvalue weighted by atomic mass is 32.2. The molecular formula is C14H22N2O3S. The molecule has 112 valence electrons. The molecule has 0 aliphatic heterocycles. The van der Waals surface area contributed by atoms with Gasteiger partial charge >= 0.3 is 0 Å². The fraction of sp³-hybridized carbons (Fsp3) is 0.714. The van der Waals surface area contributed by atoms with Crippen LogP contribution in [-0.2, 0) is 10.5 Å². The van der Waals surface area contributed by atoms with Crippen molar-refractivity contribution < 1.29 is 14.4 Å². The molecule has 5 nitrogen and oxygen atoms in total. The number of amides is 1. The molecule has 0 atom stereocenters. The Morgan fingerprint density at radius 2 is 2.15 bits per heavy atom. The molecule has 2 rings (SSSR count). The topological polar surface area (TPSA) is 75.4 Å². The van der Waals surface area contributed by atoms with Gasteiger partial charge in [-0.25, -0.2) is 0 Å². The standard InChI is InChI=1S/C14H22N2O3S/c1-10-12(11(2)19-16-10)7-20-8-13(17)15-9-14(18)5-3-4-6-14/h18H,3-9H2,1-2H3,(H,15,17). The Kier molecular flexibility index (Phi) is 5.10. The largest absolute Gasteiger partial charge is 0.388 e. The molecule has 0 aromatic carbocycles. The summed E-state index contributed by atoms with van der Waals surface area (Å²) in [6, 6.07) is 0. The van der Waals surface area contributed by atoms with Gasteiger partial charge in [0.2, 0.25) is 5.91 Å². The molecule has 0 unspecified atom stereocenters. The number of nitrogens with one attached hydrogen (secondary N) is 1. The lowest BCUT2D eigenvalue weighted by molar-refractivity contribution is -0.119. The van der Waals surface area contributed by atoms with Crippen molar-refractivity contribution in [3.05, 3.63) is 17.0 Å². The molecule has 0 bridgehead atoms. The average molecular weight is 298 g/mol. The number of aliphatic hydroxyl groups is 1. The van der Waals surface area contributed by atoms with Gasteiger partial charge in [0.1, 0.15) is 5.76 Å². The summed E-state index contributed by atoms with van der Waals surface area (Å²) in [5.41, 5.74) is 1.27. The van der Waals surface area contributed by atoms with Gasteiger partial charge in [0, 0.05) is 17.9 Å². The summed E-state index contributed by atoms with van der Waals surface area (Å²) in [6.45, 7) is 4.16. The van der Waals surface area contributed by atoms with E-state index in [9.17, 15) is 9.90 Å². The summed E-state index contributed by atoms with van der Waals surface area (Å²) < 4.78 is 5.08. The normalized spacial score (nSPS) is 17.4. The minimum absolute atomic E-state index is 0.0258.